The second-order valence-corrected chi connectivity index (χ2v) is 9.45. The lowest BCUT2D eigenvalue weighted by molar-refractivity contribution is -0.00247. The number of aliphatic hydroxyl groups excluding tert-OH is 1. The highest BCUT2D eigenvalue weighted by molar-refractivity contribution is 6.30. The van der Waals surface area contributed by atoms with Gasteiger partial charge in [0.05, 0.1) is 6.54 Å². The van der Waals surface area contributed by atoms with Gasteiger partial charge in [-0.15, -0.1) is 0 Å². The molecule has 1 N–H and O–H groups in total. The molecule has 4 rings (SSSR count). The molecule has 0 amide bonds. The van der Waals surface area contributed by atoms with Crippen LogP contribution in [-0.4, -0.2) is 87.4 Å². The van der Waals surface area contributed by atoms with Crippen LogP contribution in [0.25, 0.3) is 11.4 Å². The molecular formula is C23H34ClN5O2. The highest BCUT2D eigenvalue weighted by atomic mass is 35.5. The molecule has 1 aromatic heterocycles. The zero-order valence-electron chi connectivity index (χ0n) is 18.6. The largest absolute Gasteiger partial charge is 0.396 e. The van der Waals surface area contributed by atoms with Crippen LogP contribution in [0.2, 0.25) is 5.02 Å². The van der Waals surface area contributed by atoms with Gasteiger partial charge in [-0.3, -0.25) is 9.80 Å². The van der Waals surface area contributed by atoms with E-state index in [9.17, 15) is 5.11 Å². The maximum absolute atomic E-state index is 9.67. The summed E-state index contributed by atoms with van der Waals surface area (Å²) in [5.74, 6) is 1.22. The molecule has 1 atom stereocenters. The van der Waals surface area contributed by atoms with Gasteiger partial charge in [0.25, 0.3) is 0 Å². The van der Waals surface area contributed by atoms with Gasteiger partial charge in [-0.25, -0.2) is 0 Å². The second kappa shape index (κ2) is 10.4. The van der Waals surface area contributed by atoms with Crippen LogP contribution in [-0.2, 0) is 6.54 Å². The molecule has 2 aromatic rings. The van der Waals surface area contributed by atoms with Gasteiger partial charge < -0.3 is 14.5 Å². The topological polar surface area (TPSA) is 68.9 Å². The summed E-state index contributed by atoms with van der Waals surface area (Å²) in [6, 6.07) is 9.07. The van der Waals surface area contributed by atoms with Crippen LogP contribution >= 0.6 is 11.6 Å². The van der Waals surface area contributed by atoms with E-state index in [-0.39, 0.29) is 6.61 Å². The molecule has 3 heterocycles. The number of halogens is 1. The van der Waals surface area contributed by atoms with E-state index in [1.54, 1.807) is 0 Å². The van der Waals surface area contributed by atoms with Crippen molar-refractivity contribution in [2.24, 2.45) is 0 Å². The Hall–Kier alpha value is -1.51. The Morgan fingerprint density at radius 3 is 2.55 bits per heavy atom. The molecule has 0 radical (unpaired) electrons. The van der Waals surface area contributed by atoms with E-state index >= 15 is 0 Å². The Morgan fingerprint density at radius 2 is 1.87 bits per heavy atom. The van der Waals surface area contributed by atoms with Crippen molar-refractivity contribution in [2.75, 3.05) is 39.3 Å². The molecule has 1 aromatic carbocycles. The van der Waals surface area contributed by atoms with Gasteiger partial charge in [-0.1, -0.05) is 16.8 Å². The van der Waals surface area contributed by atoms with Gasteiger partial charge in [0, 0.05) is 55.0 Å². The van der Waals surface area contributed by atoms with Crippen molar-refractivity contribution in [3.8, 4) is 11.4 Å². The fourth-order valence-corrected chi connectivity index (χ4v) is 5.05. The quantitative estimate of drug-likeness (QED) is 0.699. The minimum Gasteiger partial charge on any atom is -0.396 e. The number of benzene rings is 1. The average molecular weight is 448 g/mol. The summed E-state index contributed by atoms with van der Waals surface area (Å²) in [4.78, 5) is 12.2. The first kappa shape index (κ1) is 22.7. The summed E-state index contributed by atoms with van der Waals surface area (Å²) in [5, 5.41) is 14.5. The smallest absolute Gasteiger partial charge is 0.241 e. The van der Waals surface area contributed by atoms with Crippen molar-refractivity contribution in [3.63, 3.8) is 0 Å². The summed E-state index contributed by atoms with van der Waals surface area (Å²) in [6.07, 6.45) is 3.24. The van der Waals surface area contributed by atoms with Gasteiger partial charge in [0.15, 0.2) is 0 Å². The van der Waals surface area contributed by atoms with E-state index in [1.807, 2.05) is 24.3 Å². The SMILES string of the molecule is CC(C)N1CCC(N2CCN(Cc3nc(-c4ccc(Cl)cc4)no3)CC2CCO)CC1. The minimum atomic E-state index is 0.223. The van der Waals surface area contributed by atoms with Gasteiger partial charge in [0.2, 0.25) is 11.7 Å². The van der Waals surface area contributed by atoms with Gasteiger partial charge >= 0.3 is 0 Å². The Labute approximate surface area is 190 Å². The van der Waals surface area contributed by atoms with Crippen LogP contribution in [0.15, 0.2) is 28.8 Å². The van der Waals surface area contributed by atoms with Crippen molar-refractivity contribution in [2.45, 2.75) is 57.8 Å². The van der Waals surface area contributed by atoms with Gasteiger partial charge in [0.1, 0.15) is 0 Å². The van der Waals surface area contributed by atoms with Crippen molar-refractivity contribution >= 4 is 11.6 Å². The Morgan fingerprint density at radius 1 is 1.13 bits per heavy atom. The molecule has 2 aliphatic rings. The third-order valence-corrected chi connectivity index (χ3v) is 6.95. The van der Waals surface area contributed by atoms with Gasteiger partial charge in [-0.2, -0.15) is 4.98 Å². The van der Waals surface area contributed by atoms with Crippen molar-refractivity contribution < 1.29 is 9.63 Å². The Balaban J connectivity index is 1.35. The van der Waals surface area contributed by atoms with Crippen LogP contribution in [0.3, 0.4) is 0 Å². The number of aromatic nitrogens is 2. The highest BCUT2D eigenvalue weighted by Crippen LogP contribution is 2.25. The predicted octanol–water partition coefficient (Wildman–Crippen LogP) is 3.13. The number of rotatable bonds is 7. The molecule has 0 spiro atoms. The molecule has 7 nitrogen and oxygen atoms in total. The van der Waals surface area contributed by atoms with Crippen molar-refractivity contribution in [1.82, 2.24) is 24.8 Å². The maximum atomic E-state index is 9.67. The normalized spacial score (nSPS) is 22.4. The van der Waals surface area contributed by atoms with E-state index in [0.29, 0.717) is 41.4 Å². The first-order valence-electron chi connectivity index (χ1n) is 11.4. The Kier molecular flexibility index (Phi) is 7.61. The third kappa shape index (κ3) is 5.65. The molecule has 0 aliphatic carbocycles. The van der Waals surface area contributed by atoms with Crippen molar-refractivity contribution in [3.05, 3.63) is 35.2 Å². The lowest BCUT2D eigenvalue weighted by atomic mass is 9.97. The summed E-state index contributed by atoms with van der Waals surface area (Å²) in [7, 11) is 0. The minimum absolute atomic E-state index is 0.223. The molecule has 8 heteroatoms. The highest BCUT2D eigenvalue weighted by Gasteiger charge is 2.34. The molecule has 2 saturated heterocycles. The van der Waals surface area contributed by atoms with E-state index in [0.717, 1.165) is 31.6 Å². The van der Waals surface area contributed by atoms with Crippen LogP contribution in [0, 0.1) is 0 Å². The lowest BCUT2D eigenvalue weighted by Gasteiger charge is -2.47. The summed E-state index contributed by atoms with van der Waals surface area (Å²) >= 11 is 5.97. The van der Waals surface area contributed by atoms with Crippen LogP contribution in [0.4, 0.5) is 0 Å². The first-order valence-corrected chi connectivity index (χ1v) is 11.8. The molecule has 0 saturated carbocycles. The molecule has 170 valence electrons. The van der Waals surface area contributed by atoms with Crippen LogP contribution in [0.5, 0.6) is 0 Å². The standard InChI is InChI=1S/C23H34ClN5O2/c1-17(2)28-10-7-20(8-11-28)29-13-12-27(15-21(29)9-14-30)16-22-25-23(26-31-22)18-3-5-19(24)6-4-18/h3-6,17,20-21,30H,7-16H2,1-2H3. The number of aliphatic hydroxyl groups is 1. The number of nitrogens with zero attached hydrogens (tertiary/aromatic N) is 5. The zero-order valence-corrected chi connectivity index (χ0v) is 19.3. The second-order valence-electron chi connectivity index (χ2n) is 9.02. The number of likely N-dealkylation sites (tertiary alicyclic amines) is 1. The van der Waals surface area contributed by atoms with Crippen LogP contribution < -0.4 is 0 Å². The van der Waals surface area contributed by atoms with Crippen molar-refractivity contribution in [1.29, 1.82) is 0 Å². The summed E-state index contributed by atoms with van der Waals surface area (Å²) in [5.41, 5.74) is 0.898. The van der Waals surface area contributed by atoms with E-state index in [1.165, 1.54) is 25.9 Å². The summed E-state index contributed by atoms with van der Waals surface area (Å²) < 4.78 is 5.52. The van der Waals surface area contributed by atoms with E-state index in [2.05, 4.69) is 38.7 Å². The molecule has 2 fully saturated rings. The Bertz CT molecular complexity index is 820. The zero-order chi connectivity index (χ0) is 21.8. The predicted molar refractivity (Wildman–Crippen MR) is 122 cm³/mol. The number of hydrogen-bond donors (Lipinski definition) is 1. The number of piperidine rings is 1. The van der Waals surface area contributed by atoms with Crippen LogP contribution in [0.1, 0.15) is 39.0 Å². The summed E-state index contributed by atoms with van der Waals surface area (Å²) in [6.45, 7) is 10.7. The molecule has 31 heavy (non-hydrogen) atoms. The monoisotopic (exact) mass is 447 g/mol. The third-order valence-electron chi connectivity index (χ3n) is 6.70. The fraction of sp³-hybridized carbons (Fsp3) is 0.652. The molecule has 2 aliphatic heterocycles. The molecule has 0 bridgehead atoms. The van der Waals surface area contributed by atoms with E-state index in [4.69, 9.17) is 16.1 Å². The molecule has 1 unspecified atom stereocenters. The number of hydrogen-bond acceptors (Lipinski definition) is 7. The molecular weight excluding hydrogens is 414 g/mol. The average Bonchev–Trinajstić information content (AvgIpc) is 3.23. The fourth-order valence-electron chi connectivity index (χ4n) is 4.92. The maximum Gasteiger partial charge on any atom is 0.241 e. The van der Waals surface area contributed by atoms with E-state index < -0.39 is 0 Å². The lowest BCUT2D eigenvalue weighted by Crippen LogP contribution is -2.58. The van der Waals surface area contributed by atoms with Gasteiger partial charge in [-0.05, 0) is 70.5 Å². The number of piperazine rings is 1. The first-order chi connectivity index (χ1) is 15.0.